The van der Waals surface area contributed by atoms with Crippen LogP contribution in [0, 0.1) is 0 Å². The van der Waals surface area contributed by atoms with Gasteiger partial charge in [-0.15, -0.1) is 0 Å². The third-order valence-corrected chi connectivity index (χ3v) is 5.47. The average Bonchev–Trinajstić information content (AvgIpc) is 3.11. The second-order valence-electron chi connectivity index (χ2n) is 5.57. The van der Waals surface area contributed by atoms with Crippen molar-refractivity contribution < 1.29 is 24.7 Å². The van der Waals surface area contributed by atoms with Gasteiger partial charge >= 0.3 is 141 Å². The molecule has 99 valence electrons. The van der Waals surface area contributed by atoms with Crippen LogP contribution in [0.1, 0.15) is 29.0 Å². The van der Waals surface area contributed by atoms with Crippen molar-refractivity contribution in [2.75, 3.05) is 0 Å². The fourth-order valence-electron chi connectivity index (χ4n) is 3.34. The molecule has 1 heteroatoms. The molecule has 0 amide bonds. The van der Waals surface area contributed by atoms with Crippen molar-refractivity contribution in [2.24, 2.45) is 0 Å². The van der Waals surface area contributed by atoms with Gasteiger partial charge in [-0.3, -0.25) is 0 Å². The molecular formula is C20H15Zr. The quantitative estimate of drug-likeness (QED) is 0.720. The van der Waals surface area contributed by atoms with Gasteiger partial charge in [0.2, 0.25) is 0 Å². The van der Waals surface area contributed by atoms with Gasteiger partial charge in [-0.1, -0.05) is 0 Å². The molecule has 0 saturated carbocycles. The molecule has 0 bridgehead atoms. The second kappa shape index (κ2) is 5.39. The van der Waals surface area contributed by atoms with E-state index in [9.17, 15) is 0 Å². The van der Waals surface area contributed by atoms with Crippen LogP contribution in [0.25, 0.3) is 6.08 Å². The van der Waals surface area contributed by atoms with E-state index in [0.717, 1.165) is 6.42 Å². The number of hydrogen-bond acceptors (Lipinski definition) is 0. The topological polar surface area (TPSA) is 0 Å². The maximum atomic E-state index is 2.39. The zero-order chi connectivity index (χ0) is 14.2. The van der Waals surface area contributed by atoms with Gasteiger partial charge in [-0.05, 0) is 0 Å². The summed E-state index contributed by atoms with van der Waals surface area (Å²) in [6.45, 7) is 0. The van der Waals surface area contributed by atoms with Crippen LogP contribution in [0.5, 0.6) is 0 Å². The summed E-state index contributed by atoms with van der Waals surface area (Å²) in [5, 5.41) is 0. The third-order valence-electron chi connectivity index (χ3n) is 4.30. The second-order valence-corrected chi connectivity index (χ2v) is 7.05. The minimum absolute atomic E-state index is 0.385. The SMILES string of the molecule is [Zr][C]1=C(C2=Cc3ccccc3C2c2ccccc2)C=CC1. The Kier molecular flexibility index (Phi) is 3.39. The molecule has 0 saturated heterocycles. The summed E-state index contributed by atoms with van der Waals surface area (Å²) in [6.07, 6.45) is 8.13. The fraction of sp³-hybridized carbons (Fsp3) is 0.100. The molecule has 1 atom stereocenters. The molecule has 2 aromatic carbocycles. The predicted octanol–water partition coefficient (Wildman–Crippen LogP) is 4.98. The van der Waals surface area contributed by atoms with Crippen LogP contribution in [0.2, 0.25) is 0 Å². The van der Waals surface area contributed by atoms with Crippen LogP contribution in [0.15, 0.2) is 81.2 Å². The first kappa shape index (κ1) is 13.2. The Morgan fingerprint density at radius 1 is 0.905 bits per heavy atom. The van der Waals surface area contributed by atoms with E-state index in [4.69, 9.17) is 0 Å². The summed E-state index contributed by atoms with van der Waals surface area (Å²) >= 11 is 1.54. The molecule has 0 aromatic heterocycles. The summed E-state index contributed by atoms with van der Waals surface area (Å²) < 4.78 is 1.57. The number of rotatable bonds is 2. The fourth-order valence-corrected chi connectivity index (χ4v) is 4.19. The van der Waals surface area contributed by atoms with Gasteiger partial charge in [-0.25, -0.2) is 0 Å². The number of hydrogen-bond donors (Lipinski definition) is 0. The van der Waals surface area contributed by atoms with Crippen molar-refractivity contribution in [3.63, 3.8) is 0 Å². The molecule has 21 heavy (non-hydrogen) atoms. The van der Waals surface area contributed by atoms with E-state index in [2.05, 4.69) is 72.8 Å². The van der Waals surface area contributed by atoms with E-state index in [1.54, 1.807) is 3.28 Å². The molecule has 0 aliphatic heterocycles. The Labute approximate surface area is 140 Å². The summed E-state index contributed by atoms with van der Waals surface area (Å²) in [4.78, 5) is 0. The van der Waals surface area contributed by atoms with Crippen molar-refractivity contribution >= 4 is 6.08 Å². The first-order valence-corrected chi connectivity index (χ1v) is 8.54. The van der Waals surface area contributed by atoms with E-state index in [1.165, 1.54) is 52.6 Å². The van der Waals surface area contributed by atoms with Gasteiger partial charge in [-0.2, -0.15) is 0 Å². The van der Waals surface area contributed by atoms with Gasteiger partial charge in [0, 0.05) is 0 Å². The van der Waals surface area contributed by atoms with Gasteiger partial charge in [0.1, 0.15) is 0 Å². The van der Waals surface area contributed by atoms with Crippen molar-refractivity contribution in [3.8, 4) is 0 Å². The van der Waals surface area contributed by atoms with Gasteiger partial charge in [0.15, 0.2) is 0 Å². The zero-order valence-electron chi connectivity index (χ0n) is 11.7. The monoisotopic (exact) mass is 345 g/mol. The summed E-state index contributed by atoms with van der Waals surface area (Å²) in [6, 6.07) is 19.7. The normalized spacial score (nSPS) is 19.8. The Morgan fingerprint density at radius 3 is 2.43 bits per heavy atom. The van der Waals surface area contributed by atoms with E-state index < -0.39 is 0 Å². The molecule has 0 fully saturated rings. The molecule has 2 aromatic rings. The molecule has 0 radical (unpaired) electrons. The molecule has 0 nitrogen and oxygen atoms in total. The Balaban J connectivity index is 1.90. The Hall–Kier alpha value is -1.46. The minimum atomic E-state index is 0.385. The first-order valence-electron chi connectivity index (χ1n) is 7.32. The van der Waals surface area contributed by atoms with E-state index >= 15 is 0 Å². The average molecular weight is 347 g/mol. The Morgan fingerprint density at radius 2 is 1.67 bits per heavy atom. The summed E-state index contributed by atoms with van der Waals surface area (Å²) in [7, 11) is 0. The molecule has 1 unspecified atom stereocenters. The molecule has 0 spiro atoms. The van der Waals surface area contributed by atoms with Crippen molar-refractivity contribution in [1.29, 1.82) is 0 Å². The summed E-state index contributed by atoms with van der Waals surface area (Å²) in [5.41, 5.74) is 7.15. The first-order chi connectivity index (χ1) is 10.3. The predicted molar refractivity (Wildman–Crippen MR) is 83.5 cm³/mol. The molecule has 4 rings (SSSR count). The van der Waals surface area contributed by atoms with Gasteiger partial charge < -0.3 is 0 Å². The molecular weight excluding hydrogens is 331 g/mol. The number of benzene rings is 2. The van der Waals surface area contributed by atoms with Crippen LogP contribution in [0.4, 0.5) is 0 Å². The Bertz CT molecular complexity index is 778. The van der Waals surface area contributed by atoms with Gasteiger partial charge in [0.05, 0.1) is 0 Å². The van der Waals surface area contributed by atoms with Crippen LogP contribution < -0.4 is 0 Å². The third kappa shape index (κ3) is 2.25. The van der Waals surface area contributed by atoms with Crippen LogP contribution >= 0.6 is 0 Å². The van der Waals surface area contributed by atoms with E-state index in [0.29, 0.717) is 5.92 Å². The number of fused-ring (bicyclic) bond motifs is 1. The zero-order valence-corrected chi connectivity index (χ0v) is 14.2. The van der Waals surface area contributed by atoms with Crippen molar-refractivity contribution in [1.82, 2.24) is 0 Å². The van der Waals surface area contributed by atoms with Crippen LogP contribution in [0.3, 0.4) is 0 Å². The summed E-state index contributed by atoms with van der Waals surface area (Å²) in [5.74, 6) is 0.385. The van der Waals surface area contributed by atoms with Crippen LogP contribution in [-0.2, 0) is 24.7 Å². The molecule has 2 aliphatic carbocycles. The van der Waals surface area contributed by atoms with E-state index in [1.807, 2.05) is 0 Å². The molecule has 0 heterocycles. The maximum absolute atomic E-state index is 2.39. The van der Waals surface area contributed by atoms with Gasteiger partial charge in [0.25, 0.3) is 0 Å². The molecule has 2 aliphatic rings. The molecule has 0 N–H and O–H groups in total. The van der Waals surface area contributed by atoms with Crippen molar-refractivity contribution in [2.45, 2.75) is 12.3 Å². The van der Waals surface area contributed by atoms with Crippen molar-refractivity contribution in [3.05, 3.63) is 97.9 Å². The van der Waals surface area contributed by atoms with Crippen LogP contribution in [-0.4, -0.2) is 0 Å². The number of allylic oxidation sites excluding steroid dienone is 5. The van der Waals surface area contributed by atoms with E-state index in [-0.39, 0.29) is 0 Å². The standard InChI is InChI=1S/C20H15.Zr/c1-2-10-16(11-3-1)20-18-13-7-6-12-17(18)14-19(20)15-8-4-5-9-15;/h1-4,6-8,10-14,20H,5H2;.